The largest absolute Gasteiger partial charge is 0.481 e. The SMILES string of the molecule is CC(C(=O)O)C1CN(C(=O)N2CCC(C)(C)CC2)C1. The smallest absolute Gasteiger partial charge is 0.320 e. The fourth-order valence-electron chi connectivity index (χ4n) is 2.69. The Hall–Kier alpha value is -1.26. The average Bonchev–Trinajstić information content (AvgIpc) is 2.26. The maximum atomic E-state index is 12.2. The molecule has 19 heavy (non-hydrogen) atoms. The van der Waals surface area contributed by atoms with Gasteiger partial charge in [0, 0.05) is 32.1 Å². The van der Waals surface area contributed by atoms with Gasteiger partial charge in [-0.2, -0.15) is 0 Å². The van der Waals surface area contributed by atoms with E-state index < -0.39 is 5.97 Å². The van der Waals surface area contributed by atoms with Crippen LogP contribution in [0.25, 0.3) is 0 Å². The second-order valence-corrected chi connectivity index (χ2v) is 6.73. The van der Waals surface area contributed by atoms with Crippen molar-refractivity contribution in [2.75, 3.05) is 26.2 Å². The van der Waals surface area contributed by atoms with E-state index in [4.69, 9.17) is 5.11 Å². The minimum Gasteiger partial charge on any atom is -0.481 e. The number of piperidine rings is 1. The van der Waals surface area contributed by atoms with Crippen LogP contribution < -0.4 is 0 Å². The molecular formula is C14H24N2O3. The lowest BCUT2D eigenvalue weighted by atomic mass is 9.82. The zero-order valence-corrected chi connectivity index (χ0v) is 12.1. The van der Waals surface area contributed by atoms with Gasteiger partial charge in [0.1, 0.15) is 0 Å². The summed E-state index contributed by atoms with van der Waals surface area (Å²) in [5, 5.41) is 8.93. The first-order chi connectivity index (χ1) is 8.80. The molecule has 2 heterocycles. The Morgan fingerprint density at radius 3 is 2.16 bits per heavy atom. The molecule has 1 atom stereocenters. The fourth-order valence-corrected chi connectivity index (χ4v) is 2.69. The standard InChI is InChI=1S/C14H24N2O3/c1-10(12(17)18)11-8-16(9-11)13(19)15-6-4-14(2,3)5-7-15/h10-11H,4-9H2,1-3H3,(H,17,18). The van der Waals surface area contributed by atoms with Crippen molar-refractivity contribution in [3.05, 3.63) is 0 Å². The lowest BCUT2D eigenvalue weighted by Gasteiger charge is -2.45. The van der Waals surface area contributed by atoms with Crippen molar-refractivity contribution in [3.8, 4) is 0 Å². The highest BCUT2D eigenvalue weighted by atomic mass is 16.4. The van der Waals surface area contributed by atoms with E-state index >= 15 is 0 Å². The van der Waals surface area contributed by atoms with Crippen molar-refractivity contribution in [1.29, 1.82) is 0 Å². The highest BCUT2D eigenvalue weighted by Gasteiger charge is 2.39. The topological polar surface area (TPSA) is 60.9 Å². The second kappa shape index (κ2) is 5.02. The maximum absolute atomic E-state index is 12.2. The van der Waals surface area contributed by atoms with E-state index in [-0.39, 0.29) is 17.9 Å². The lowest BCUT2D eigenvalue weighted by molar-refractivity contribution is -0.145. The zero-order valence-electron chi connectivity index (χ0n) is 12.1. The predicted octanol–water partition coefficient (Wildman–Crippen LogP) is 1.88. The van der Waals surface area contributed by atoms with Gasteiger partial charge in [-0.25, -0.2) is 4.79 Å². The van der Waals surface area contributed by atoms with Crippen molar-refractivity contribution in [1.82, 2.24) is 9.80 Å². The van der Waals surface area contributed by atoms with Crippen LogP contribution in [0.3, 0.4) is 0 Å². The summed E-state index contributed by atoms with van der Waals surface area (Å²) in [6.45, 7) is 9.02. The summed E-state index contributed by atoms with van der Waals surface area (Å²) in [7, 11) is 0. The van der Waals surface area contributed by atoms with Crippen LogP contribution in [0.2, 0.25) is 0 Å². The molecule has 2 aliphatic rings. The molecule has 1 unspecified atom stereocenters. The summed E-state index contributed by atoms with van der Waals surface area (Å²) < 4.78 is 0. The molecule has 2 aliphatic heterocycles. The molecule has 0 aromatic heterocycles. The van der Waals surface area contributed by atoms with Crippen LogP contribution in [0.1, 0.15) is 33.6 Å². The summed E-state index contributed by atoms with van der Waals surface area (Å²) in [6, 6.07) is 0.0874. The Bertz CT molecular complexity index is 365. The second-order valence-electron chi connectivity index (χ2n) is 6.73. The molecule has 0 saturated carbocycles. The van der Waals surface area contributed by atoms with Gasteiger partial charge >= 0.3 is 12.0 Å². The average molecular weight is 268 g/mol. The van der Waals surface area contributed by atoms with Gasteiger partial charge in [-0.05, 0) is 18.3 Å². The Balaban J connectivity index is 1.79. The number of nitrogens with zero attached hydrogens (tertiary/aromatic N) is 2. The number of hydrogen-bond donors (Lipinski definition) is 1. The van der Waals surface area contributed by atoms with Gasteiger partial charge in [0.05, 0.1) is 5.92 Å². The lowest BCUT2D eigenvalue weighted by Crippen LogP contribution is -2.58. The Labute approximate surface area is 114 Å². The molecular weight excluding hydrogens is 244 g/mol. The molecule has 5 nitrogen and oxygen atoms in total. The number of amides is 2. The Morgan fingerprint density at radius 2 is 1.68 bits per heavy atom. The summed E-state index contributed by atoms with van der Waals surface area (Å²) >= 11 is 0. The van der Waals surface area contributed by atoms with Crippen LogP contribution in [0.4, 0.5) is 4.79 Å². The molecule has 1 N–H and O–H groups in total. The fraction of sp³-hybridized carbons (Fsp3) is 0.857. The first-order valence-corrected chi connectivity index (χ1v) is 7.07. The van der Waals surface area contributed by atoms with Crippen molar-refractivity contribution >= 4 is 12.0 Å². The van der Waals surface area contributed by atoms with Crippen LogP contribution in [0.15, 0.2) is 0 Å². The van der Waals surface area contributed by atoms with Crippen LogP contribution in [-0.4, -0.2) is 53.1 Å². The van der Waals surface area contributed by atoms with Gasteiger partial charge in [0.2, 0.25) is 0 Å². The van der Waals surface area contributed by atoms with Gasteiger partial charge in [-0.1, -0.05) is 20.8 Å². The molecule has 0 bridgehead atoms. The number of carboxylic acid groups (broad SMARTS) is 1. The summed E-state index contributed by atoms with van der Waals surface area (Å²) in [5.41, 5.74) is 0.339. The van der Waals surface area contributed by atoms with Crippen molar-refractivity contribution in [3.63, 3.8) is 0 Å². The number of rotatable bonds is 2. The minimum absolute atomic E-state index is 0.0874. The van der Waals surface area contributed by atoms with Gasteiger partial charge in [0.25, 0.3) is 0 Å². The molecule has 2 amide bonds. The molecule has 2 fully saturated rings. The molecule has 108 valence electrons. The summed E-state index contributed by atoms with van der Waals surface area (Å²) in [4.78, 5) is 26.8. The van der Waals surface area contributed by atoms with E-state index in [9.17, 15) is 9.59 Å². The normalized spacial score (nSPS) is 24.8. The van der Waals surface area contributed by atoms with Crippen molar-refractivity contribution < 1.29 is 14.7 Å². The van der Waals surface area contributed by atoms with Gasteiger partial charge in [-0.15, -0.1) is 0 Å². The minimum atomic E-state index is -0.767. The van der Waals surface area contributed by atoms with Gasteiger partial charge in [0.15, 0.2) is 0 Å². The third-order valence-electron chi connectivity index (χ3n) is 4.66. The third-order valence-corrected chi connectivity index (χ3v) is 4.66. The van der Waals surface area contributed by atoms with Gasteiger partial charge < -0.3 is 14.9 Å². The van der Waals surface area contributed by atoms with Gasteiger partial charge in [-0.3, -0.25) is 4.79 Å². The van der Waals surface area contributed by atoms with Crippen LogP contribution in [0, 0.1) is 17.3 Å². The van der Waals surface area contributed by atoms with E-state index in [1.807, 2.05) is 4.90 Å². The van der Waals surface area contributed by atoms with Crippen molar-refractivity contribution in [2.24, 2.45) is 17.3 Å². The predicted molar refractivity (Wildman–Crippen MR) is 71.8 cm³/mol. The first kappa shape index (κ1) is 14.2. The Morgan fingerprint density at radius 1 is 1.16 bits per heavy atom. The monoisotopic (exact) mass is 268 g/mol. The highest BCUT2D eigenvalue weighted by Crippen LogP contribution is 2.31. The van der Waals surface area contributed by atoms with Crippen LogP contribution >= 0.6 is 0 Å². The first-order valence-electron chi connectivity index (χ1n) is 7.07. The van der Waals surface area contributed by atoms with E-state index in [0.29, 0.717) is 18.5 Å². The molecule has 2 saturated heterocycles. The summed E-state index contributed by atoms with van der Waals surface area (Å²) in [5.74, 6) is -1.01. The zero-order chi connectivity index (χ0) is 14.2. The van der Waals surface area contributed by atoms with E-state index in [1.54, 1.807) is 11.8 Å². The van der Waals surface area contributed by atoms with E-state index in [1.165, 1.54) is 0 Å². The maximum Gasteiger partial charge on any atom is 0.320 e. The van der Waals surface area contributed by atoms with E-state index in [0.717, 1.165) is 25.9 Å². The Kier molecular flexibility index (Phi) is 3.74. The van der Waals surface area contributed by atoms with Crippen molar-refractivity contribution in [2.45, 2.75) is 33.6 Å². The number of hydrogen-bond acceptors (Lipinski definition) is 2. The number of carbonyl (C=O) groups excluding carboxylic acids is 1. The number of urea groups is 1. The van der Waals surface area contributed by atoms with E-state index in [2.05, 4.69) is 13.8 Å². The van der Waals surface area contributed by atoms with Crippen LogP contribution in [0.5, 0.6) is 0 Å². The quantitative estimate of drug-likeness (QED) is 0.832. The number of carboxylic acids is 1. The molecule has 0 aromatic rings. The molecule has 0 aromatic carbocycles. The number of carbonyl (C=O) groups is 2. The molecule has 5 heteroatoms. The molecule has 0 spiro atoms. The molecule has 0 aliphatic carbocycles. The molecule has 2 rings (SSSR count). The number of likely N-dealkylation sites (tertiary alicyclic amines) is 2. The molecule has 0 radical (unpaired) electrons. The highest BCUT2D eigenvalue weighted by molar-refractivity contribution is 5.76. The third kappa shape index (κ3) is 3.01. The van der Waals surface area contributed by atoms with Crippen LogP contribution in [-0.2, 0) is 4.79 Å². The summed E-state index contributed by atoms with van der Waals surface area (Å²) in [6.07, 6.45) is 2.09. The number of aliphatic carboxylic acids is 1.